The van der Waals surface area contributed by atoms with Crippen LogP contribution in [0.2, 0.25) is 0 Å². The number of ether oxygens (including phenoxy) is 1. The Balaban J connectivity index is 1.56. The van der Waals surface area contributed by atoms with Gasteiger partial charge in [-0.05, 0) is 40.0 Å². The van der Waals surface area contributed by atoms with Crippen LogP contribution in [0.15, 0.2) is 84.4 Å². The van der Waals surface area contributed by atoms with Crippen molar-refractivity contribution < 1.29 is 28.5 Å². The molecular weight excluding hydrogens is 492 g/mol. The maximum absolute atomic E-state index is 15.8. The number of fused-ring (bicyclic) bond motifs is 7. The number of hydrazine groups is 1. The van der Waals surface area contributed by atoms with Gasteiger partial charge in [0.2, 0.25) is 0 Å². The van der Waals surface area contributed by atoms with E-state index in [2.05, 4.69) is 0 Å². The molecule has 0 bridgehead atoms. The first-order chi connectivity index (χ1) is 18.5. The lowest BCUT2D eigenvalue weighted by Gasteiger charge is -2.55. The van der Waals surface area contributed by atoms with E-state index in [0.29, 0.717) is 17.7 Å². The van der Waals surface area contributed by atoms with Gasteiger partial charge < -0.3 is 19.8 Å². The third-order valence-electron chi connectivity index (χ3n) is 7.71. The second-order valence-electron chi connectivity index (χ2n) is 9.66. The number of carbonyl (C=O) groups excluding carboxylic acids is 1. The fourth-order valence-electron chi connectivity index (χ4n) is 6.05. The van der Waals surface area contributed by atoms with Gasteiger partial charge in [-0.15, -0.1) is 0 Å². The van der Waals surface area contributed by atoms with Crippen LogP contribution in [0.3, 0.4) is 0 Å². The summed E-state index contributed by atoms with van der Waals surface area (Å²) in [7, 11) is 0. The third kappa shape index (κ3) is 3.13. The monoisotopic (exact) mass is 515 g/mol. The predicted molar refractivity (Wildman–Crippen MR) is 134 cm³/mol. The highest BCUT2D eigenvalue weighted by molar-refractivity contribution is 5.95. The van der Waals surface area contributed by atoms with Gasteiger partial charge in [0.05, 0.1) is 19.3 Å². The number of carbonyl (C=O) groups is 1. The molecule has 0 saturated carbocycles. The zero-order chi connectivity index (χ0) is 26.1. The van der Waals surface area contributed by atoms with Crippen molar-refractivity contribution in [2.75, 3.05) is 19.8 Å². The van der Waals surface area contributed by atoms with Crippen molar-refractivity contribution in [1.82, 2.24) is 14.9 Å². The summed E-state index contributed by atoms with van der Waals surface area (Å²) < 4.78 is 36.3. The maximum Gasteiger partial charge on any atom is 0.277 e. The number of hydrogen-bond donors (Lipinski definition) is 2. The molecule has 2 N–H and O–H groups in total. The number of nitrogens with zero attached hydrogens (tertiary/aromatic N) is 3. The largest absolute Gasteiger partial charge is 0.507 e. The molecule has 0 aromatic heterocycles. The summed E-state index contributed by atoms with van der Waals surface area (Å²) in [5.41, 5.74) is 3.51. The standard InChI is InChI=1S/C29H23F2N3O4/c30-21-10-9-20-24(25(21)31)18-7-3-1-5-16(18)17-6-2-4-8-19(17)26(20)34-23-15-38-14-13-32(23)29(37)27-28(36)22(35)11-12-33(27)34/h1-12,22-23,26,35-36H,13-15H2. The highest BCUT2D eigenvalue weighted by atomic mass is 19.2. The molecule has 3 aromatic rings. The summed E-state index contributed by atoms with van der Waals surface area (Å²) in [5, 5.41) is 24.6. The number of halogens is 2. The summed E-state index contributed by atoms with van der Waals surface area (Å²) in [5.74, 6) is -2.82. The van der Waals surface area contributed by atoms with E-state index in [0.717, 1.165) is 22.8 Å². The Kier molecular flexibility index (Phi) is 5.16. The van der Waals surface area contributed by atoms with Crippen LogP contribution in [0.5, 0.6) is 0 Å². The summed E-state index contributed by atoms with van der Waals surface area (Å²) in [4.78, 5) is 15.1. The molecular formula is C29H23F2N3O4. The van der Waals surface area contributed by atoms with Gasteiger partial charge in [0.15, 0.2) is 23.1 Å². The minimum Gasteiger partial charge on any atom is -0.507 e. The molecule has 4 aliphatic rings. The molecule has 38 heavy (non-hydrogen) atoms. The zero-order valence-electron chi connectivity index (χ0n) is 20.1. The molecule has 2 fully saturated rings. The molecule has 192 valence electrons. The van der Waals surface area contributed by atoms with Gasteiger partial charge in [-0.2, -0.15) is 5.01 Å². The molecule has 0 radical (unpaired) electrons. The van der Waals surface area contributed by atoms with Crippen molar-refractivity contribution in [1.29, 1.82) is 0 Å². The smallest absolute Gasteiger partial charge is 0.277 e. The number of aliphatic hydroxyl groups excluding tert-OH is 2. The number of rotatable bonds is 1. The van der Waals surface area contributed by atoms with Gasteiger partial charge in [0, 0.05) is 18.3 Å². The van der Waals surface area contributed by atoms with Crippen LogP contribution >= 0.6 is 0 Å². The number of amides is 1. The van der Waals surface area contributed by atoms with E-state index in [4.69, 9.17) is 4.74 Å². The van der Waals surface area contributed by atoms with Crippen LogP contribution in [0.4, 0.5) is 8.78 Å². The van der Waals surface area contributed by atoms with Gasteiger partial charge in [-0.1, -0.05) is 54.6 Å². The van der Waals surface area contributed by atoms with Crippen molar-refractivity contribution in [2.24, 2.45) is 0 Å². The second-order valence-corrected chi connectivity index (χ2v) is 9.66. The normalized spacial score (nSPS) is 24.3. The van der Waals surface area contributed by atoms with E-state index in [-0.39, 0.29) is 24.4 Å². The highest BCUT2D eigenvalue weighted by Crippen LogP contribution is 2.50. The molecule has 3 aromatic carbocycles. The van der Waals surface area contributed by atoms with Gasteiger partial charge in [-0.3, -0.25) is 9.80 Å². The van der Waals surface area contributed by atoms with Crippen LogP contribution in [0, 0.1) is 11.6 Å². The average Bonchev–Trinajstić information content (AvgIpc) is 3.06. The van der Waals surface area contributed by atoms with E-state index >= 15 is 4.39 Å². The lowest BCUT2D eigenvalue weighted by molar-refractivity contribution is -0.190. The predicted octanol–water partition coefficient (Wildman–Crippen LogP) is 4.08. The summed E-state index contributed by atoms with van der Waals surface area (Å²) in [6.07, 6.45) is 0.952. The lowest BCUT2D eigenvalue weighted by atomic mass is 9.91. The Morgan fingerprint density at radius 2 is 1.66 bits per heavy atom. The van der Waals surface area contributed by atoms with Gasteiger partial charge >= 0.3 is 0 Å². The molecule has 1 aliphatic carbocycles. The molecule has 3 heterocycles. The Bertz CT molecular complexity index is 1550. The van der Waals surface area contributed by atoms with Crippen LogP contribution in [0.25, 0.3) is 22.3 Å². The van der Waals surface area contributed by atoms with Crippen LogP contribution in [0.1, 0.15) is 17.2 Å². The maximum atomic E-state index is 15.8. The van der Waals surface area contributed by atoms with Gasteiger partial charge in [0.1, 0.15) is 12.3 Å². The molecule has 3 aliphatic heterocycles. The Labute approximate surface area is 217 Å². The molecule has 3 atom stereocenters. The number of hydrogen-bond acceptors (Lipinski definition) is 6. The first-order valence-electron chi connectivity index (χ1n) is 12.4. The Morgan fingerprint density at radius 3 is 2.47 bits per heavy atom. The fourth-order valence-corrected chi connectivity index (χ4v) is 6.05. The first-order valence-corrected chi connectivity index (χ1v) is 12.4. The minimum atomic E-state index is -1.34. The topological polar surface area (TPSA) is 76.5 Å². The van der Waals surface area contributed by atoms with Gasteiger partial charge in [-0.25, -0.2) is 8.78 Å². The number of morpholine rings is 1. The summed E-state index contributed by atoms with van der Waals surface area (Å²) in [6.45, 7) is 0.743. The second kappa shape index (κ2) is 8.49. The highest BCUT2D eigenvalue weighted by Gasteiger charge is 2.50. The molecule has 1 amide bonds. The van der Waals surface area contributed by atoms with E-state index in [1.165, 1.54) is 17.3 Å². The fraction of sp³-hybridized carbons (Fsp3) is 0.207. The van der Waals surface area contributed by atoms with Crippen LogP contribution in [-0.2, 0) is 9.53 Å². The molecule has 2 saturated heterocycles. The van der Waals surface area contributed by atoms with E-state index in [9.17, 15) is 19.4 Å². The SMILES string of the molecule is O=C1C2=C(O)C(O)C=CN2N(C2c3ccccc3-c3ccccc3-c3c2ccc(F)c3F)C2COCCN12. The summed E-state index contributed by atoms with van der Waals surface area (Å²) >= 11 is 0. The van der Waals surface area contributed by atoms with Crippen molar-refractivity contribution >= 4 is 5.91 Å². The molecule has 3 unspecified atom stereocenters. The number of benzene rings is 3. The van der Waals surface area contributed by atoms with Crippen LogP contribution in [-0.4, -0.2) is 63.1 Å². The first kappa shape index (κ1) is 23.1. The van der Waals surface area contributed by atoms with Crippen molar-refractivity contribution in [3.8, 4) is 22.3 Å². The zero-order valence-corrected chi connectivity index (χ0v) is 20.1. The van der Waals surface area contributed by atoms with Crippen molar-refractivity contribution in [3.63, 3.8) is 0 Å². The Hall–Kier alpha value is -4.05. The molecule has 9 heteroatoms. The van der Waals surface area contributed by atoms with E-state index < -0.39 is 41.6 Å². The lowest BCUT2D eigenvalue weighted by Crippen LogP contribution is -2.67. The summed E-state index contributed by atoms with van der Waals surface area (Å²) in [6, 6.07) is 16.9. The average molecular weight is 516 g/mol. The van der Waals surface area contributed by atoms with Crippen molar-refractivity contribution in [3.05, 3.63) is 107 Å². The third-order valence-corrected chi connectivity index (χ3v) is 7.71. The van der Waals surface area contributed by atoms with E-state index in [1.54, 1.807) is 23.1 Å². The van der Waals surface area contributed by atoms with Crippen LogP contribution < -0.4 is 0 Å². The quantitative estimate of drug-likeness (QED) is 0.509. The van der Waals surface area contributed by atoms with E-state index in [1.807, 2.05) is 41.4 Å². The van der Waals surface area contributed by atoms with Gasteiger partial charge in [0.25, 0.3) is 5.91 Å². The minimum absolute atomic E-state index is 0.0819. The van der Waals surface area contributed by atoms with Crippen molar-refractivity contribution in [2.45, 2.75) is 18.3 Å². The molecule has 7 nitrogen and oxygen atoms in total. The molecule has 7 rings (SSSR count). The number of aliphatic hydroxyl groups is 2. The molecule has 0 spiro atoms. The Morgan fingerprint density at radius 1 is 0.921 bits per heavy atom.